The molecular weight excluding hydrogens is 1700 g/mol. The van der Waals surface area contributed by atoms with Gasteiger partial charge >= 0.3 is 0 Å². The number of rotatable bonds is 15. The number of aryl methyl sites for hydroxylation is 3. The van der Waals surface area contributed by atoms with Crippen LogP contribution in [0.4, 0.5) is 34.1 Å². The number of hydrogen-bond donors (Lipinski definition) is 3. The number of anilines is 3. The minimum Gasteiger partial charge on any atom is -0.376 e. The van der Waals surface area contributed by atoms with Gasteiger partial charge in [-0.3, -0.25) is 57.8 Å². The largest absolute Gasteiger partial charge is 0.376 e. The van der Waals surface area contributed by atoms with Gasteiger partial charge in [0.2, 0.25) is 17.7 Å². The maximum Gasteiger partial charge on any atom is 0.274 e. The zero-order chi connectivity index (χ0) is 93.0. The number of carbonyl (C=O) groups excluding carboxylic acids is 3. The highest BCUT2D eigenvalue weighted by atomic mass is 35.5. The van der Waals surface area contributed by atoms with E-state index >= 15 is 0 Å². The van der Waals surface area contributed by atoms with Crippen molar-refractivity contribution in [1.82, 2.24) is 59.0 Å². The normalized spacial score (nSPS) is 14.7. The Morgan fingerprint density at radius 3 is 0.992 bits per heavy atom. The van der Waals surface area contributed by atoms with Gasteiger partial charge in [-0.05, 0) is 193 Å². The van der Waals surface area contributed by atoms with Crippen LogP contribution in [0.15, 0.2) is 217 Å². The first kappa shape index (κ1) is 89.8. The Morgan fingerprint density at radius 1 is 0.405 bits per heavy atom. The second-order valence-corrected chi connectivity index (χ2v) is 35.6. The van der Waals surface area contributed by atoms with Crippen molar-refractivity contribution in [3.05, 3.63) is 316 Å². The molecule has 3 amide bonds. The van der Waals surface area contributed by atoms with Crippen LogP contribution in [0.3, 0.4) is 0 Å². The van der Waals surface area contributed by atoms with Gasteiger partial charge in [0, 0.05) is 142 Å². The molecule has 3 saturated heterocycles. The van der Waals surface area contributed by atoms with E-state index in [0.717, 1.165) is 117 Å². The van der Waals surface area contributed by atoms with Crippen LogP contribution in [0.5, 0.6) is 0 Å². The number of pyridine rings is 3. The second-order valence-electron chi connectivity index (χ2n) is 34.4. The quantitative estimate of drug-likeness (QED) is 0.0642. The Morgan fingerprint density at radius 2 is 0.695 bits per heavy atom. The number of fused-ring (bicyclic) bond motifs is 6. The molecule has 6 aromatic heterocycles. The fourth-order valence-corrected chi connectivity index (χ4v) is 19.9. The van der Waals surface area contributed by atoms with Gasteiger partial charge < -0.3 is 29.4 Å². The van der Waals surface area contributed by atoms with Crippen molar-refractivity contribution >= 4 is 152 Å². The average Bonchev–Trinajstić information content (AvgIpc) is 1.22. The average molecular weight is 1800 g/mol. The van der Waals surface area contributed by atoms with Crippen LogP contribution in [0.2, 0.25) is 15.1 Å². The number of aromatic amines is 3. The summed E-state index contributed by atoms with van der Waals surface area (Å²) in [7, 11) is 0. The highest BCUT2D eigenvalue weighted by molar-refractivity contribution is 6.36. The number of nitrogens with zero attached hydrogens (tertiary/aromatic N) is 15. The number of nitrogens with one attached hydrogen (secondary N) is 3. The molecule has 0 radical (unpaired) electrons. The van der Waals surface area contributed by atoms with Gasteiger partial charge in [0.15, 0.2) is 0 Å². The van der Waals surface area contributed by atoms with Crippen molar-refractivity contribution in [2.24, 2.45) is 0 Å². The third-order valence-electron chi connectivity index (χ3n) is 25.6. The van der Waals surface area contributed by atoms with Crippen molar-refractivity contribution in [3.63, 3.8) is 0 Å². The Kier molecular flexibility index (Phi) is 25.3. The Hall–Kier alpha value is -14.6. The maximum absolute atomic E-state index is 14.5. The molecular formula is C104H97Cl3N18O6. The third-order valence-corrected chi connectivity index (χ3v) is 26.5. The van der Waals surface area contributed by atoms with E-state index in [1.165, 1.54) is 18.2 Å². The lowest BCUT2D eigenvalue weighted by Crippen LogP contribution is -2.53. The van der Waals surface area contributed by atoms with E-state index in [1.54, 1.807) is 47.0 Å². The molecule has 2 atom stereocenters. The number of piperazine rings is 3. The summed E-state index contributed by atoms with van der Waals surface area (Å²) in [5.41, 5.74) is 18.5. The number of hydrogen-bond acceptors (Lipinski definition) is 12. The summed E-state index contributed by atoms with van der Waals surface area (Å²) in [5.74, 6) is 0.000181. The zero-order valence-electron chi connectivity index (χ0n) is 74.7. The molecule has 3 fully saturated rings. The standard InChI is InChI=1S/2C35H33ClN6O2.C34H31ClN6O2/c2*1-7-31(43)40-14-15-41(22(5)19-40)34-25-16-27(36)24(32-21(4)12-13-28-26(32)18-38-39-28)17-30(25)42(35(44)33(34)37-6)29-11-9-8-10-23(29)20(2)3;1-6-30(42)39-13-15-40(16-14-39)33-24-17-26(35)23(31-21(4)11-12-27-25(31)19-37-38-27)18-29(24)41(34(43)32(33)36-5)28-10-8-7-9-22(28)20(2)3/h2*7-13,16-18,20,22H,1,14-15,19H2,2-5H3,(H,38,39);6-12,17-20H,1,13-16H2,2-4H3,(H,37,38)/t2*22-;/m10./s1. The molecule has 24 nitrogen and oxygen atoms in total. The van der Waals surface area contributed by atoms with Crippen LogP contribution < -0.4 is 31.4 Å². The Bertz CT molecular complexity index is 7270. The molecule has 3 aliphatic heterocycles. The van der Waals surface area contributed by atoms with Crippen LogP contribution in [-0.4, -0.2) is 154 Å². The summed E-state index contributed by atoms with van der Waals surface area (Å²) < 4.78 is 5.02. The highest BCUT2D eigenvalue weighted by Crippen LogP contribution is 2.49. The molecule has 660 valence electrons. The number of aromatic nitrogens is 9. The predicted octanol–water partition coefficient (Wildman–Crippen LogP) is 21.8. The van der Waals surface area contributed by atoms with Crippen molar-refractivity contribution in [2.45, 2.75) is 106 Å². The molecule has 9 aromatic carbocycles. The first-order valence-electron chi connectivity index (χ1n) is 43.5. The molecule has 0 saturated carbocycles. The minimum atomic E-state index is -0.390. The summed E-state index contributed by atoms with van der Waals surface area (Å²) in [6.45, 7) is 62.6. The van der Waals surface area contributed by atoms with Crippen molar-refractivity contribution in [2.75, 3.05) is 80.1 Å². The number of benzene rings is 9. The van der Waals surface area contributed by atoms with Crippen LogP contribution in [-0.2, 0) is 14.4 Å². The van der Waals surface area contributed by atoms with E-state index in [4.69, 9.17) is 54.5 Å². The first-order chi connectivity index (χ1) is 63.1. The Balaban J connectivity index is 0.000000144. The number of para-hydroxylation sites is 3. The highest BCUT2D eigenvalue weighted by Gasteiger charge is 2.37. The smallest absolute Gasteiger partial charge is 0.274 e. The molecule has 18 rings (SSSR count). The van der Waals surface area contributed by atoms with Crippen molar-refractivity contribution < 1.29 is 14.4 Å². The van der Waals surface area contributed by atoms with E-state index in [2.05, 4.69) is 116 Å². The molecule has 3 aliphatic rings. The Labute approximate surface area is 772 Å². The van der Waals surface area contributed by atoms with Crippen LogP contribution >= 0.6 is 34.8 Å². The number of H-pyrrole nitrogens is 3. The van der Waals surface area contributed by atoms with Gasteiger partial charge in [0.1, 0.15) is 0 Å². The number of halogens is 3. The van der Waals surface area contributed by atoms with E-state index in [1.807, 2.05) is 185 Å². The molecule has 0 unspecified atom stereocenters. The van der Waals surface area contributed by atoms with Gasteiger partial charge in [-0.25, -0.2) is 14.5 Å². The summed E-state index contributed by atoms with van der Waals surface area (Å²) in [6, 6.07) is 46.8. The maximum atomic E-state index is 14.5. The van der Waals surface area contributed by atoms with Crippen LogP contribution in [0.25, 0.3) is 130 Å². The SMILES string of the molecule is [C-]#[N+]c1c(N2CCN(C(=O)C=C)CC2)c2cc(Cl)c(-c3c(C)ccc4[nH]ncc34)cc2n(-c2ccccc2C(C)C)c1=O.[C-]#[N+]c1c(N2CCN(C(=O)C=C)C[C@@H]2C)c2cc(Cl)c(-c3c(C)ccc4[nH]ncc34)cc2n(-c2ccccc2C(C)C)c1=O.[C-]#[N+]c1c(N2CCN(C(=O)C=C)C[C@H]2C)c2cc(Cl)c(-c3c(C)ccc4[nH]ncc34)cc2n(-c2ccccc2C(C)C)c1=O. The molecule has 9 heterocycles. The van der Waals surface area contributed by atoms with Crippen molar-refractivity contribution in [3.8, 4) is 50.4 Å². The van der Waals surface area contributed by atoms with E-state index in [9.17, 15) is 28.8 Å². The van der Waals surface area contributed by atoms with Gasteiger partial charge in [-0.2, -0.15) is 15.3 Å². The molecule has 15 aromatic rings. The van der Waals surface area contributed by atoms with E-state index in [0.29, 0.717) is 130 Å². The van der Waals surface area contributed by atoms with Crippen LogP contribution in [0, 0.1) is 40.5 Å². The summed E-state index contributed by atoms with van der Waals surface area (Å²) in [4.78, 5) is 104. The van der Waals surface area contributed by atoms with E-state index < -0.39 is 0 Å². The zero-order valence-corrected chi connectivity index (χ0v) is 77.0. The lowest BCUT2D eigenvalue weighted by molar-refractivity contribution is -0.127. The van der Waals surface area contributed by atoms with Gasteiger partial charge in [0.05, 0.1) is 106 Å². The first-order valence-corrected chi connectivity index (χ1v) is 44.7. The molecule has 27 heteroatoms. The second kappa shape index (κ2) is 36.9. The third kappa shape index (κ3) is 16.1. The van der Waals surface area contributed by atoms with Gasteiger partial charge in [-0.1, -0.05) is 169 Å². The molecule has 131 heavy (non-hydrogen) atoms. The molecule has 3 N–H and O–H groups in total. The monoisotopic (exact) mass is 1800 g/mol. The summed E-state index contributed by atoms with van der Waals surface area (Å²) in [5, 5.41) is 28.3. The van der Waals surface area contributed by atoms with Crippen LogP contribution in [0.1, 0.15) is 107 Å². The molecule has 0 bridgehead atoms. The summed E-state index contributed by atoms with van der Waals surface area (Å²) >= 11 is 21.4. The predicted molar refractivity (Wildman–Crippen MR) is 530 cm³/mol. The van der Waals surface area contributed by atoms with E-state index in [-0.39, 0.29) is 81.3 Å². The fraction of sp³-hybridized carbons (Fsp3) is 0.250. The number of carbonyl (C=O) groups is 3. The lowest BCUT2D eigenvalue weighted by Gasteiger charge is -2.42. The molecule has 0 spiro atoms. The van der Waals surface area contributed by atoms with Crippen molar-refractivity contribution in [1.29, 1.82) is 0 Å². The minimum absolute atomic E-state index is 0.0309. The van der Waals surface area contributed by atoms with Gasteiger partial charge in [0.25, 0.3) is 33.7 Å². The lowest BCUT2D eigenvalue weighted by atomic mass is 9.94. The topological polar surface area (TPSA) is 236 Å². The van der Waals surface area contributed by atoms with Gasteiger partial charge in [-0.15, -0.1) is 0 Å². The fourth-order valence-electron chi connectivity index (χ4n) is 19.1. The summed E-state index contributed by atoms with van der Waals surface area (Å²) in [6.07, 6.45) is 9.32. The number of amides is 3. The molecule has 0 aliphatic carbocycles.